The van der Waals surface area contributed by atoms with Crippen molar-refractivity contribution in [1.29, 1.82) is 5.26 Å². The molecule has 5 heterocycles. The second-order valence-electron chi connectivity index (χ2n) is 10.8. The zero-order chi connectivity index (χ0) is 28.3. The molecule has 1 fully saturated rings. The predicted octanol–water partition coefficient (Wildman–Crippen LogP) is 3.61. The molecule has 0 unspecified atom stereocenters. The fourth-order valence-electron chi connectivity index (χ4n) is 4.45. The van der Waals surface area contributed by atoms with Crippen LogP contribution in [0.4, 0.5) is 11.5 Å². The Kier molecular flexibility index (Phi) is 7.57. The minimum atomic E-state index is -0.354. The number of rotatable bonds is 7. The monoisotopic (exact) mass is 540 g/mol. The Balaban J connectivity index is 1.30. The van der Waals surface area contributed by atoms with Crippen molar-refractivity contribution in [2.45, 2.75) is 39.5 Å². The van der Waals surface area contributed by atoms with Crippen LogP contribution in [0.1, 0.15) is 49.0 Å². The minimum absolute atomic E-state index is 0.220. The van der Waals surface area contributed by atoms with Crippen LogP contribution in [0.5, 0.6) is 0 Å². The van der Waals surface area contributed by atoms with Gasteiger partial charge in [0.05, 0.1) is 41.1 Å². The van der Waals surface area contributed by atoms with Gasteiger partial charge in [0.2, 0.25) is 0 Å². The summed E-state index contributed by atoms with van der Waals surface area (Å²) < 4.78 is 6.98. The molecule has 1 amide bonds. The summed E-state index contributed by atoms with van der Waals surface area (Å²) >= 11 is 0. The van der Waals surface area contributed by atoms with E-state index in [0.717, 1.165) is 44.0 Å². The van der Waals surface area contributed by atoms with Gasteiger partial charge in [-0.1, -0.05) is 31.1 Å². The van der Waals surface area contributed by atoms with Crippen molar-refractivity contribution >= 4 is 17.4 Å². The van der Waals surface area contributed by atoms with E-state index in [1.54, 1.807) is 29.2 Å². The van der Waals surface area contributed by atoms with E-state index in [9.17, 15) is 4.79 Å². The van der Waals surface area contributed by atoms with Crippen LogP contribution in [0.15, 0.2) is 47.5 Å². The topological polar surface area (TPSA) is 142 Å². The molecule has 0 bridgehead atoms. The van der Waals surface area contributed by atoms with Gasteiger partial charge in [-0.3, -0.25) is 19.7 Å². The van der Waals surface area contributed by atoms with E-state index in [2.05, 4.69) is 52.7 Å². The highest BCUT2D eigenvalue weighted by Crippen LogP contribution is 2.26. The standard InChI is InChI=1S/C28H32N10O2/c1-19-24(13-21(16-31-19)27(39)32-26-14-25(40-34-26)28(2,3)4)38-18-23(33-35-38)20-12-22(17-30-15-20)37-10-8-36(9-11-37)7-5-6-29/h12-18H,5,7-11H2,1-4H3,(H,32,34,39). The molecule has 206 valence electrons. The molecule has 1 N–H and O–H groups in total. The quantitative estimate of drug-likeness (QED) is 0.369. The first-order valence-corrected chi connectivity index (χ1v) is 13.2. The van der Waals surface area contributed by atoms with Gasteiger partial charge in [-0.25, -0.2) is 4.68 Å². The van der Waals surface area contributed by atoms with Gasteiger partial charge in [-0.05, 0) is 19.1 Å². The van der Waals surface area contributed by atoms with Gasteiger partial charge in [0.15, 0.2) is 5.82 Å². The van der Waals surface area contributed by atoms with Crippen molar-refractivity contribution in [2.75, 3.05) is 42.9 Å². The fourth-order valence-corrected chi connectivity index (χ4v) is 4.45. The summed E-state index contributed by atoms with van der Waals surface area (Å²) in [7, 11) is 0. The summed E-state index contributed by atoms with van der Waals surface area (Å²) in [5.41, 5.74) is 4.00. The molecule has 40 heavy (non-hydrogen) atoms. The number of nitrogens with one attached hydrogen (secondary N) is 1. The lowest BCUT2D eigenvalue weighted by atomic mass is 9.93. The number of nitrogens with zero attached hydrogens (tertiary/aromatic N) is 9. The van der Waals surface area contributed by atoms with Crippen molar-refractivity contribution in [2.24, 2.45) is 0 Å². The van der Waals surface area contributed by atoms with Gasteiger partial charge < -0.3 is 14.7 Å². The highest BCUT2D eigenvalue weighted by molar-refractivity contribution is 6.03. The normalized spacial score (nSPS) is 14.2. The molecule has 1 saturated heterocycles. The number of hydrogen-bond donors (Lipinski definition) is 1. The number of carbonyl (C=O) groups excluding carboxylic acids is 1. The maximum atomic E-state index is 12.9. The molecule has 0 atom stereocenters. The number of pyridine rings is 2. The molecular formula is C28H32N10O2. The molecule has 4 aromatic rings. The fraction of sp³-hybridized carbons (Fsp3) is 0.393. The first kappa shape index (κ1) is 27.0. The molecule has 5 rings (SSSR count). The zero-order valence-corrected chi connectivity index (χ0v) is 23.1. The summed E-state index contributed by atoms with van der Waals surface area (Å²) in [5, 5.41) is 24.2. The third-order valence-electron chi connectivity index (χ3n) is 6.85. The van der Waals surface area contributed by atoms with E-state index in [4.69, 9.17) is 9.78 Å². The third kappa shape index (κ3) is 6.00. The van der Waals surface area contributed by atoms with Crippen molar-refractivity contribution in [3.63, 3.8) is 0 Å². The van der Waals surface area contributed by atoms with Crippen molar-refractivity contribution in [3.05, 3.63) is 60.0 Å². The third-order valence-corrected chi connectivity index (χ3v) is 6.85. The number of hydrogen-bond acceptors (Lipinski definition) is 10. The Morgan fingerprint density at radius 2 is 1.93 bits per heavy atom. The molecule has 12 nitrogen and oxygen atoms in total. The molecule has 0 aromatic carbocycles. The molecule has 0 spiro atoms. The van der Waals surface area contributed by atoms with E-state index >= 15 is 0 Å². The summed E-state index contributed by atoms with van der Waals surface area (Å²) in [4.78, 5) is 26.4. The highest BCUT2D eigenvalue weighted by atomic mass is 16.5. The smallest absolute Gasteiger partial charge is 0.258 e. The molecule has 0 radical (unpaired) electrons. The summed E-state index contributed by atoms with van der Waals surface area (Å²) in [6.07, 6.45) is 7.49. The molecule has 4 aromatic heterocycles. The van der Waals surface area contributed by atoms with Crippen LogP contribution in [0.2, 0.25) is 0 Å². The predicted molar refractivity (Wildman–Crippen MR) is 149 cm³/mol. The largest absolute Gasteiger partial charge is 0.368 e. The number of piperazine rings is 1. The molecule has 0 saturated carbocycles. The molecule has 0 aliphatic carbocycles. The van der Waals surface area contributed by atoms with E-state index < -0.39 is 0 Å². The van der Waals surface area contributed by atoms with Crippen LogP contribution < -0.4 is 10.2 Å². The van der Waals surface area contributed by atoms with Crippen LogP contribution >= 0.6 is 0 Å². The van der Waals surface area contributed by atoms with Crippen LogP contribution in [0, 0.1) is 18.3 Å². The zero-order valence-electron chi connectivity index (χ0n) is 23.1. The number of amides is 1. The molecule has 1 aliphatic rings. The Hall–Kier alpha value is -4.63. The second-order valence-corrected chi connectivity index (χ2v) is 10.8. The van der Waals surface area contributed by atoms with Crippen LogP contribution in [-0.2, 0) is 5.41 Å². The number of aromatic nitrogens is 6. The van der Waals surface area contributed by atoms with E-state index in [-0.39, 0.29) is 11.3 Å². The van der Waals surface area contributed by atoms with E-state index in [1.807, 2.05) is 33.9 Å². The maximum Gasteiger partial charge on any atom is 0.258 e. The van der Waals surface area contributed by atoms with E-state index in [0.29, 0.717) is 40.6 Å². The molecule has 1 aliphatic heterocycles. The van der Waals surface area contributed by atoms with Crippen LogP contribution in [0.25, 0.3) is 16.9 Å². The highest BCUT2D eigenvalue weighted by Gasteiger charge is 2.22. The van der Waals surface area contributed by atoms with Gasteiger partial charge in [-0.2, -0.15) is 5.26 Å². The van der Waals surface area contributed by atoms with Gasteiger partial charge >= 0.3 is 0 Å². The van der Waals surface area contributed by atoms with Gasteiger partial charge in [-0.15, -0.1) is 5.10 Å². The average molecular weight is 541 g/mol. The maximum absolute atomic E-state index is 12.9. The lowest BCUT2D eigenvalue weighted by Gasteiger charge is -2.35. The summed E-state index contributed by atoms with van der Waals surface area (Å²) in [6.45, 7) is 12.2. The number of aryl methyl sites for hydroxylation is 1. The minimum Gasteiger partial charge on any atom is -0.368 e. The van der Waals surface area contributed by atoms with Crippen molar-refractivity contribution < 1.29 is 9.32 Å². The SMILES string of the molecule is Cc1ncc(C(=O)Nc2cc(C(C)(C)C)on2)cc1-n1cc(-c2cncc(N3CCN(CCC#N)CC3)c2)nn1. The van der Waals surface area contributed by atoms with Gasteiger partial charge in [0.25, 0.3) is 5.91 Å². The number of anilines is 2. The number of carbonyl (C=O) groups is 1. The first-order chi connectivity index (χ1) is 19.2. The first-order valence-electron chi connectivity index (χ1n) is 13.2. The van der Waals surface area contributed by atoms with Crippen molar-refractivity contribution in [3.8, 4) is 23.0 Å². The summed E-state index contributed by atoms with van der Waals surface area (Å²) in [6, 6.07) is 7.72. The lowest BCUT2D eigenvalue weighted by Crippen LogP contribution is -2.46. The average Bonchev–Trinajstić information content (AvgIpc) is 3.63. The van der Waals surface area contributed by atoms with Crippen LogP contribution in [0.3, 0.4) is 0 Å². The number of nitriles is 1. The summed E-state index contributed by atoms with van der Waals surface area (Å²) in [5.74, 6) is 0.667. The molecule has 12 heteroatoms. The Labute approximate surface area is 232 Å². The van der Waals surface area contributed by atoms with Crippen LogP contribution in [-0.4, -0.2) is 73.6 Å². The van der Waals surface area contributed by atoms with E-state index in [1.165, 1.54) is 6.20 Å². The van der Waals surface area contributed by atoms with Gasteiger partial charge in [0.1, 0.15) is 11.5 Å². The molecular weight excluding hydrogens is 508 g/mol. The Bertz CT molecular complexity index is 1540. The second kappa shape index (κ2) is 11.2. The van der Waals surface area contributed by atoms with Crippen molar-refractivity contribution in [1.82, 2.24) is 35.0 Å². The Morgan fingerprint density at radius 3 is 2.65 bits per heavy atom. The Morgan fingerprint density at radius 1 is 1.12 bits per heavy atom. The lowest BCUT2D eigenvalue weighted by molar-refractivity contribution is 0.102. The van der Waals surface area contributed by atoms with Gasteiger partial charge in [0, 0.05) is 68.6 Å².